The van der Waals surface area contributed by atoms with E-state index in [4.69, 9.17) is 16.6 Å². The van der Waals surface area contributed by atoms with Crippen LogP contribution in [0.15, 0.2) is 34.8 Å². The number of hydrogen-bond acceptors (Lipinski definition) is 2. The van der Waals surface area contributed by atoms with Gasteiger partial charge in [-0.3, -0.25) is 0 Å². The first-order valence-corrected chi connectivity index (χ1v) is 7.84. The van der Waals surface area contributed by atoms with Gasteiger partial charge in [-0.25, -0.2) is 9.97 Å². The van der Waals surface area contributed by atoms with Crippen LogP contribution in [0.3, 0.4) is 0 Å². The van der Waals surface area contributed by atoms with E-state index in [1.165, 1.54) is 11.1 Å². The molecule has 0 aliphatic heterocycles. The Balaban J connectivity index is 2.33. The number of aryl methyl sites for hydroxylation is 2. The minimum atomic E-state index is 0.486. The maximum Gasteiger partial charge on any atom is 0.161 e. The number of hydrogen-bond donors (Lipinski definition) is 0. The lowest BCUT2D eigenvalue weighted by molar-refractivity contribution is 1.20. The highest BCUT2D eigenvalue weighted by Gasteiger charge is 2.13. The average molecular weight is 362 g/mol. The topological polar surface area (TPSA) is 25.8 Å². The molecule has 2 nitrogen and oxygen atoms in total. The highest BCUT2D eigenvalue weighted by atomic mass is 79.9. The van der Waals surface area contributed by atoms with Crippen molar-refractivity contribution in [3.8, 4) is 11.4 Å². The molecule has 0 amide bonds. The average Bonchev–Trinajstić information content (AvgIpc) is 2.43. The van der Waals surface area contributed by atoms with Crippen LogP contribution in [0.4, 0.5) is 0 Å². The zero-order valence-corrected chi connectivity index (χ0v) is 14.4. The third-order valence-corrected chi connectivity index (χ3v) is 4.59. The molecular weight excluding hydrogens is 348 g/mol. The number of nitrogens with zero attached hydrogens (tertiary/aromatic N) is 2. The van der Waals surface area contributed by atoms with Crippen molar-refractivity contribution in [1.82, 2.24) is 9.97 Å². The van der Waals surface area contributed by atoms with Crippen LogP contribution in [-0.2, 0) is 0 Å². The monoisotopic (exact) mass is 360 g/mol. The number of benzene rings is 2. The van der Waals surface area contributed by atoms with Crippen molar-refractivity contribution in [2.45, 2.75) is 20.8 Å². The maximum absolute atomic E-state index is 6.38. The van der Waals surface area contributed by atoms with E-state index in [1.807, 2.05) is 31.2 Å². The second-order valence-electron chi connectivity index (χ2n) is 5.23. The molecule has 0 aliphatic rings. The third-order valence-electron chi connectivity index (χ3n) is 3.70. The van der Waals surface area contributed by atoms with Crippen LogP contribution in [-0.4, -0.2) is 9.97 Å². The van der Waals surface area contributed by atoms with Crippen molar-refractivity contribution in [2.24, 2.45) is 0 Å². The second-order valence-corrected chi connectivity index (χ2v) is 6.44. The summed E-state index contributed by atoms with van der Waals surface area (Å²) in [4.78, 5) is 9.20. The van der Waals surface area contributed by atoms with Gasteiger partial charge in [-0.05, 0) is 65.5 Å². The summed E-state index contributed by atoms with van der Waals surface area (Å²) in [6, 6.07) is 10.2. The molecule has 4 heteroatoms. The van der Waals surface area contributed by atoms with E-state index in [9.17, 15) is 0 Å². The van der Waals surface area contributed by atoms with E-state index < -0.39 is 0 Å². The fraction of sp³-hybridized carbons (Fsp3) is 0.176. The van der Waals surface area contributed by atoms with Gasteiger partial charge in [0, 0.05) is 15.4 Å². The predicted octanol–water partition coefficient (Wildman–Crippen LogP) is 5.64. The Labute approximate surface area is 137 Å². The molecule has 0 saturated carbocycles. The Morgan fingerprint density at radius 2 is 1.81 bits per heavy atom. The Morgan fingerprint density at radius 1 is 1.05 bits per heavy atom. The summed E-state index contributed by atoms with van der Waals surface area (Å²) in [5.41, 5.74) is 5.38. The number of aromatic nitrogens is 2. The summed E-state index contributed by atoms with van der Waals surface area (Å²) in [5.74, 6) is 0.665. The van der Waals surface area contributed by atoms with Gasteiger partial charge in [0.25, 0.3) is 0 Å². The van der Waals surface area contributed by atoms with Crippen molar-refractivity contribution in [3.05, 3.63) is 56.6 Å². The van der Waals surface area contributed by atoms with Gasteiger partial charge >= 0.3 is 0 Å². The van der Waals surface area contributed by atoms with Crippen LogP contribution >= 0.6 is 27.5 Å². The zero-order valence-electron chi connectivity index (χ0n) is 12.0. The number of halogens is 2. The minimum absolute atomic E-state index is 0.486. The lowest BCUT2D eigenvalue weighted by Crippen LogP contribution is -1.96. The van der Waals surface area contributed by atoms with Crippen LogP contribution in [0.25, 0.3) is 22.3 Å². The Morgan fingerprint density at radius 3 is 2.57 bits per heavy atom. The first-order chi connectivity index (χ1) is 9.97. The van der Waals surface area contributed by atoms with E-state index in [0.29, 0.717) is 11.0 Å². The highest BCUT2D eigenvalue weighted by molar-refractivity contribution is 9.10. The largest absolute Gasteiger partial charge is 0.227 e. The molecule has 0 aliphatic carbocycles. The Hall–Kier alpha value is -1.45. The first kappa shape index (κ1) is 14.5. The first-order valence-electron chi connectivity index (χ1n) is 6.67. The van der Waals surface area contributed by atoms with Crippen LogP contribution in [0.2, 0.25) is 5.15 Å². The molecule has 1 heterocycles. The molecule has 2 aromatic carbocycles. The molecule has 0 N–H and O–H groups in total. The van der Waals surface area contributed by atoms with Gasteiger partial charge in [-0.1, -0.05) is 29.8 Å². The SMILES string of the molecule is Cc1cc(Br)c2nc(-c3cccc(C)c3C)nc(Cl)c2c1. The molecule has 3 aromatic rings. The molecule has 106 valence electrons. The minimum Gasteiger partial charge on any atom is -0.227 e. The van der Waals surface area contributed by atoms with Gasteiger partial charge in [-0.15, -0.1) is 0 Å². The standard InChI is InChI=1S/C17H14BrClN2/c1-9-7-13-15(14(18)8-9)20-17(21-16(13)19)12-6-4-5-10(2)11(12)3/h4-8H,1-3H3. The van der Waals surface area contributed by atoms with Gasteiger partial charge in [0.05, 0.1) is 5.52 Å². The van der Waals surface area contributed by atoms with Gasteiger partial charge in [0.2, 0.25) is 0 Å². The molecule has 21 heavy (non-hydrogen) atoms. The molecule has 0 spiro atoms. The van der Waals surface area contributed by atoms with Crippen molar-refractivity contribution in [3.63, 3.8) is 0 Å². The summed E-state index contributed by atoms with van der Waals surface area (Å²) in [7, 11) is 0. The van der Waals surface area contributed by atoms with E-state index in [1.54, 1.807) is 0 Å². The summed E-state index contributed by atoms with van der Waals surface area (Å²) in [5, 5.41) is 1.36. The van der Waals surface area contributed by atoms with E-state index in [0.717, 1.165) is 26.5 Å². The van der Waals surface area contributed by atoms with E-state index in [-0.39, 0.29) is 0 Å². The number of fused-ring (bicyclic) bond motifs is 1. The van der Waals surface area contributed by atoms with Crippen molar-refractivity contribution in [2.75, 3.05) is 0 Å². The smallest absolute Gasteiger partial charge is 0.161 e. The molecule has 0 radical (unpaired) electrons. The Bertz CT molecular complexity index is 859. The fourth-order valence-corrected chi connectivity index (χ4v) is 3.29. The van der Waals surface area contributed by atoms with E-state index in [2.05, 4.69) is 40.8 Å². The maximum atomic E-state index is 6.38. The lowest BCUT2D eigenvalue weighted by Gasteiger charge is -2.10. The summed E-state index contributed by atoms with van der Waals surface area (Å²) < 4.78 is 0.938. The van der Waals surface area contributed by atoms with Gasteiger partial charge in [0.1, 0.15) is 5.15 Å². The van der Waals surface area contributed by atoms with Crippen LogP contribution < -0.4 is 0 Å². The van der Waals surface area contributed by atoms with Gasteiger partial charge < -0.3 is 0 Å². The van der Waals surface area contributed by atoms with Crippen molar-refractivity contribution < 1.29 is 0 Å². The molecule has 1 aromatic heterocycles. The molecular formula is C17H14BrClN2. The molecule has 0 bridgehead atoms. The summed E-state index contributed by atoms with van der Waals surface area (Å²) >= 11 is 9.95. The van der Waals surface area contributed by atoms with Crippen LogP contribution in [0.5, 0.6) is 0 Å². The molecule has 0 atom stereocenters. The molecule has 0 saturated heterocycles. The molecule has 3 rings (SSSR count). The highest BCUT2D eigenvalue weighted by Crippen LogP contribution is 2.32. The van der Waals surface area contributed by atoms with E-state index >= 15 is 0 Å². The van der Waals surface area contributed by atoms with Crippen LogP contribution in [0.1, 0.15) is 16.7 Å². The summed E-state index contributed by atoms with van der Waals surface area (Å²) in [6.07, 6.45) is 0. The fourth-order valence-electron chi connectivity index (χ4n) is 2.40. The normalized spacial score (nSPS) is 11.1. The van der Waals surface area contributed by atoms with Crippen molar-refractivity contribution >= 4 is 38.4 Å². The zero-order chi connectivity index (χ0) is 15.1. The quantitative estimate of drug-likeness (QED) is 0.524. The van der Waals surface area contributed by atoms with Crippen molar-refractivity contribution in [1.29, 1.82) is 0 Å². The number of rotatable bonds is 1. The summed E-state index contributed by atoms with van der Waals surface area (Å²) in [6.45, 7) is 6.19. The lowest BCUT2D eigenvalue weighted by atomic mass is 10.0. The molecule has 0 fully saturated rings. The third kappa shape index (κ3) is 2.56. The van der Waals surface area contributed by atoms with Gasteiger partial charge in [0.15, 0.2) is 5.82 Å². The predicted molar refractivity (Wildman–Crippen MR) is 91.9 cm³/mol. The Kier molecular flexibility index (Phi) is 3.72. The molecule has 0 unspecified atom stereocenters. The van der Waals surface area contributed by atoms with Crippen LogP contribution in [0, 0.1) is 20.8 Å². The van der Waals surface area contributed by atoms with Gasteiger partial charge in [-0.2, -0.15) is 0 Å². The second kappa shape index (κ2) is 5.39.